The van der Waals surface area contributed by atoms with E-state index >= 15 is 0 Å². The van der Waals surface area contributed by atoms with Crippen LogP contribution in [-0.4, -0.2) is 28.0 Å². The lowest BCUT2D eigenvalue weighted by atomic mass is 10.1. The van der Waals surface area contributed by atoms with Crippen LogP contribution in [0.4, 0.5) is 10.5 Å². The molecule has 168 valence electrons. The highest BCUT2D eigenvalue weighted by Crippen LogP contribution is 2.18. The van der Waals surface area contributed by atoms with Crippen LogP contribution in [0.15, 0.2) is 65.5 Å². The van der Waals surface area contributed by atoms with E-state index in [1.165, 1.54) is 4.68 Å². The second-order valence-electron chi connectivity index (χ2n) is 7.14. The molecule has 0 unspecified atom stereocenters. The second kappa shape index (κ2) is 11.0. The van der Waals surface area contributed by atoms with Gasteiger partial charge < -0.3 is 9.47 Å². The number of amides is 1. The number of ether oxygens (including phenoxy) is 2. The Morgan fingerprint density at radius 3 is 2.28 bits per heavy atom. The van der Waals surface area contributed by atoms with Gasteiger partial charge in [-0.05, 0) is 37.5 Å². The summed E-state index contributed by atoms with van der Waals surface area (Å²) >= 11 is 0. The van der Waals surface area contributed by atoms with E-state index in [0.29, 0.717) is 30.8 Å². The van der Waals surface area contributed by atoms with Crippen molar-refractivity contribution in [3.63, 3.8) is 0 Å². The van der Waals surface area contributed by atoms with Gasteiger partial charge in [0.1, 0.15) is 12.3 Å². The van der Waals surface area contributed by atoms with Gasteiger partial charge in [-0.3, -0.25) is 19.6 Å². The number of rotatable bonds is 9. The minimum Gasteiger partial charge on any atom is -0.466 e. The van der Waals surface area contributed by atoms with Crippen LogP contribution in [0.3, 0.4) is 0 Å². The van der Waals surface area contributed by atoms with E-state index < -0.39 is 6.09 Å². The van der Waals surface area contributed by atoms with Gasteiger partial charge >= 0.3 is 12.1 Å². The van der Waals surface area contributed by atoms with E-state index in [0.717, 1.165) is 5.56 Å². The van der Waals surface area contributed by atoms with Gasteiger partial charge in [-0.15, -0.1) is 0 Å². The highest BCUT2D eigenvalue weighted by molar-refractivity contribution is 5.85. The number of hydrogen-bond acceptors (Lipinski definition) is 5. The lowest BCUT2D eigenvalue weighted by Crippen LogP contribution is -2.23. The van der Waals surface area contributed by atoms with Crippen molar-refractivity contribution in [1.82, 2.24) is 9.36 Å². The van der Waals surface area contributed by atoms with Gasteiger partial charge in [0.2, 0.25) is 0 Å². The first kappa shape index (κ1) is 22.9. The molecule has 8 heteroatoms. The molecule has 0 aliphatic carbocycles. The van der Waals surface area contributed by atoms with Crippen LogP contribution in [0.25, 0.3) is 5.69 Å². The number of hydrogen-bond donors (Lipinski definition) is 1. The number of benzene rings is 2. The number of esters is 1. The van der Waals surface area contributed by atoms with E-state index in [4.69, 9.17) is 9.47 Å². The molecule has 1 heterocycles. The van der Waals surface area contributed by atoms with Gasteiger partial charge in [-0.25, -0.2) is 9.48 Å². The first-order chi connectivity index (χ1) is 15.5. The first-order valence-electron chi connectivity index (χ1n) is 10.5. The molecule has 0 saturated carbocycles. The summed E-state index contributed by atoms with van der Waals surface area (Å²) in [5.74, 6) is -0.295. The third kappa shape index (κ3) is 5.66. The molecule has 32 heavy (non-hydrogen) atoms. The molecule has 1 amide bonds. The maximum absolute atomic E-state index is 13.2. The van der Waals surface area contributed by atoms with Crippen molar-refractivity contribution in [3.05, 3.63) is 82.3 Å². The first-order valence-corrected chi connectivity index (χ1v) is 10.5. The summed E-state index contributed by atoms with van der Waals surface area (Å²) in [6, 6.07) is 18.4. The van der Waals surface area contributed by atoms with Crippen LogP contribution < -0.4 is 10.9 Å². The molecule has 0 spiro atoms. The van der Waals surface area contributed by atoms with Crippen molar-refractivity contribution < 1.29 is 19.1 Å². The molecule has 0 saturated heterocycles. The normalized spacial score (nSPS) is 10.6. The van der Waals surface area contributed by atoms with Crippen molar-refractivity contribution in [3.8, 4) is 5.69 Å². The fourth-order valence-electron chi connectivity index (χ4n) is 3.41. The van der Waals surface area contributed by atoms with Crippen molar-refractivity contribution in [1.29, 1.82) is 0 Å². The van der Waals surface area contributed by atoms with Crippen LogP contribution in [0.2, 0.25) is 0 Å². The van der Waals surface area contributed by atoms with Crippen LogP contribution in [0.5, 0.6) is 0 Å². The maximum atomic E-state index is 13.2. The number of aromatic nitrogens is 2. The average Bonchev–Trinajstić information content (AvgIpc) is 3.03. The summed E-state index contributed by atoms with van der Waals surface area (Å²) in [6.07, 6.45) is 0.372. The minimum atomic E-state index is -0.719. The van der Waals surface area contributed by atoms with Crippen molar-refractivity contribution in [2.75, 3.05) is 11.9 Å². The Hall–Kier alpha value is -3.81. The van der Waals surface area contributed by atoms with Gasteiger partial charge in [0.15, 0.2) is 0 Å². The van der Waals surface area contributed by atoms with Gasteiger partial charge in [-0.2, -0.15) is 0 Å². The topological polar surface area (TPSA) is 91.6 Å². The predicted octanol–water partition coefficient (Wildman–Crippen LogP) is 3.81. The number of anilines is 1. The molecular weight excluding hydrogens is 410 g/mol. The van der Waals surface area contributed by atoms with Crippen LogP contribution in [0, 0.1) is 0 Å². The van der Waals surface area contributed by atoms with E-state index in [-0.39, 0.29) is 30.2 Å². The fourth-order valence-corrected chi connectivity index (χ4v) is 3.41. The molecule has 0 aliphatic heterocycles. The molecule has 8 nitrogen and oxygen atoms in total. The van der Waals surface area contributed by atoms with Gasteiger partial charge in [0.05, 0.1) is 18.0 Å². The third-order valence-corrected chi connectivity index (χ3v) is 4.93. The van der Waals surface area contributed by atoms with Crippen molar-refractivity contribution in [2.45, 2.75) is 32.8 Å². The van der Waals surface area contributed by atoms with E-state index in [1.54, 1.807) is 30.8 Å². The summed E-state index contributed by atoms with van der Waals surface area (Å²) < 4.78 is 13.4. The average molecular weight is 437 g/mol. The quantitative estimate of drug-likeness (QED) is 0.514. The summed E-state index contributed by atoms with van der Waals surface area (Å²) in [5.41, 5.74) is 1.86. The lowest BCUT2D eigenvalue weighted by molar-refractivity contribution is -0.143. The van der Waals surface area contributed by atoms with E-state index in [9.17, 15) is 14.4 Å². The number of carbonyl (C=O) groups is 2. The molecular formula is C24H27N3O5. The summed E-state index contributed by atoms with van der Waals surface area (Å²) in [4.78, 5) is 37.4. The highest BCUT2D eigenvalue weighted by atomic mass is 16.5. The van der Waals surface area contributed by atoms with Crippen LogP contribution >= 0.6 is 0 Å². The Balaban J connectivity index is 1.82. The predicted molar refractivity (Wildman–Crippen MR) is 121 cm³/mol. The summed E-state index contributed by atoms with van der Waals surface area (Å²) in [5, 5.41) is 2.61. The van der Waals surface area contributed by atoms with Gasteiger partial charge in [-0.1, -0.05) is 48.5 Å². The number of para-hydroxylation sites is 1. The lowest BCUT2D eigenvalue weighted by Gasteiger charge is -2.10. The standard InChI is InChI=1S/C24H27N3O5/c1-3-31-21(28)16-10-15-20-22(25-24(30)32-17-18-11-6-4-7-12-18)23(29)27(26(20)2)19-13-8-5-9-14-19/h4-9,11-14H,3,10,15-17H2,1-2H3,(H,25,30). The highest BCUT2D eigenvalue weighted by Gasteiger charge is 2.21. The maximum Gasteiger partial charge on any atom is 0.412 e. The summed E-state index contributed by atoms with van der Waals surface area (Å²) in [6.45, 7) is 2.16. The summed E-state index contributed by atoms with van der Waals surface area (Å²) in [7, 11) is 1.74. The molecule has 3 aromatic rings. The SMILES string of the molecule is CCOC(=O)CCCc1c(NC(=O)OCc2ccccc2)c(=O)n(-c2ccccc2)n1C. The Kier molecular flexibility index (Phi) is 7.85. The number of nitrogens with one attached hydrogen (secondary N) is 1. The van der Waals surface area contributed by atoms with Crippen molar-refractivity contribution in [2.24, 2.45) is 7.05 Å². The van der Waals surface area contributed by atoms with E-state index in [1.807, 2.05) is 48.5 Å². The molecule has 2 aromatic carbocycles. The zero-order chi connectivity index (χ0) is 22.9. The van der Waals surface area contributed by atoms with Crippen LogP contribution in [-0.2, 0) is 34.3 Å². The molecule has 1 aromatic heterocycles. The van der Waals surface area contributed by atoms with Gasteiger partial charge in [0, 0.05) is 13.5 Å². The number of carbonyl (C=O) groups excluding carboxylic acids is 2. The smallest absolute Gasteiger partial charge is 0.412 e. The molecule has 0 fully saturated rings. The molecule has 1 N–H and O–H groups in total. The van der Waals surface area contributed by atoms with Gasteiger partial charge in [0.25, 0.3) is 5.56 Å². The minimum absolute atomic E-state index is 0.0879. The third-order valence-electron chi connectivity index (χ3n) is 4.93. The molecule has 0 radical (unpaired) electrons. The Morgan fingerprint density at radius 2 is 1.62 bits per heavy atom. The molecule has 0 aliphatic rings. The van der Waals surface area contributed by atoms with E-state index in [2.05, 4.69) is 5.32 Å². The molecule has 0 bridgehead atoms. The largest absolute Gasteiger partial charge is 0.466 e. The fraction of sp³-hybridized carbons (Fsp3) is 0.292. The van der Waals surface area contributed by atoms with Crippen molar-refractivity contribution >= 4 is 17.7 Å². The zero-order valence-electron chi connectivity index (χ0n) is 18.2. The Labute approximate surface area is 186 Å². The zero-order valence-corrected chi connectivity index (χ0v) is 18.2. The molecule has 0 atom stereocenters. The molecule has 3 rings (SSSR count). The monoisotopic (exact) mass is 437 g/mol. The Morgan fingerprint density at radius 1 is 0.969 bits per heavy atom. The number of nitrogens with zero attached hydrogens (tertiary/aromatic N) is 2. The second-order valence-corrected chi connectivity index (χ2v) is 7.14. The Bertz CT molecular complexity index is 1100. The van der Waals surface area contributed by atoms with Crippen LogP contribution in [0.1, 0.15) is 31.0 Å².